The minimum atomic E-state index is -1.93. The van der Waals surface area contributed by atoms with Gasteiger partial charge in [-0.15, -0.1) is 26.3 Å². The predicted octanol–water partition coefficient (Wildman–Crippen LogP) is 10.5. The van der Waals surface area contributed by atoms with Gasteiger partial charge in [0, 0.05) is 17.6 Å². The van der Waals surface area contributed by atoms with Crippen LogP contribution in [-0.4, -0.2) is 59.1 Å². The van der Waals surface area contributed by atoms with E-state index in [1.165, 1.54) is 26.4 Å². The van der Waals surface area contributed by atoms with E-state index in [1.807, 2.05) is 0 Å². The summed E-state index contributed by atoms with van der Waals surface area (Å²) in [7, 11) is 3.03. The lowest BCUT2D eigenvalue weighted by Crippen LogP contribution is -2.51. The molecule has 0 amide bonds. The molecular formula is C53H60O10. The van der Waals surface area contributed by atoms with Gasteiger partial charge in [0.2, 0.25) is 0 Å². The molecule has 2 N–H and O–H groups in total. The molecular weight excluding hydrogens is 797 g/mol. The summed E-state index contributed by atoms with van der Waals surface area (Å²) in [6.07, 6.45) is 5.25. The highest BCUT2D eigenvalue weighted by atomic mass is 16.5. The van der Waals surface area contributed by atoms with Crippen LogP contribution in [0.2, 0.25) is 0 Å². The largest absolute Gasteiger partial charge is 0.511 e. The maximum Gasteiger partial charge on any atom is 0.180 e. The fourth-order valence-corrected chi connectivity index (χ4v) is 8.12. The van der Waals surface area contributed by atoms with E-state index in [9.17, 15) is 39.0 Å². The average Bonchev–Trinajstić information content (AvgIpc) is 3.24. The number of ether oxygens (including phenoxy) is 2. The zero-order valence-electron chi connectivity index (χ0n) is 37.4. The monoisotopic (exact) mass is 856 g/mol. The number of benzene rings is 2. The number of aliphatic hydroxyl groups is 2. The number of ketones is 6. The van der Waals surface area contributed by atoms with Crippen molar-refractivity contribution in [3.05, 3.63) is 143 Å². The highest BCUT2D eigenvalue weighted by Gasteiger charge is 2.58. The van der Waals surface area contributed by atoms with Gasteiger partial charge in [-0.1, -0.05) is 58.7 Å². The molecule has 2 aromatic rings. The third-order valence-electron chi connectivity index (χ3n) is 12.0. The van der Waals surface area contributed by atoms with Crippen LogP contribution >= 0.6 is 0 Å². The first kappa shape index (κ1) is 49.2. The highest BCUT2D eigenvalue weighted by molar-refractivity contribution is 6.32. The minimum Gasteiger partial charge on any atom is -0.511 e. The van der Waals surface area contributed by atoms with Crippen molar-refractivity contribution < 1.29 is 48.5 Å². The zero-order chi connectivity index (χ0) is 46.8. The fraction of sp³-hybridized carbons (Fsp3) is 0.358. The smallest absolute Gasteiger partial charge is 0.180 e. The van der Waals surface area contributed by atoms with Gasteiger partial charge in [-0.2, -0.15) is 0 Å². The predicted molar refractivity (Wildman–Crippen MR) is 246 cm³/mol. The Morgan fingerprint density at radius 1 is 0.556 bits per heavy atom. The van der Waals surface area contributed by atoms with Crippen molar-refractivity contribution in [1.29, 1.82) is 0 Å². The minimum absolute atomic E-state index is 0.0288. The van der Waals surface area contributed by atoms with E-state index in [0.29, 0.717) is 44.9 Å². The van der Waals surface area contributed by atoms with E-state index < -0.39 is 86.5 Å². The maximum absolute atomic E-state index is 14.8. The molecule has 2 aliphatic rings. The standard InChI is InChI=1S/C53H60O10/c1-32(2)23-27-52(28-24-33(3)4)48(58)40(46(56)44(50(52)60)42(54)21-15-36-11-17-38(62-9)18-12-36)31-41-47(57)45(43(55)22-16-37-13-19-39(63-10)20-14-37)51(61)53(49(41)59,29-25-34(5)6)30-26-35(7)8/h11-22,44-45,58-59H,1,3,5,7,23-31H2,2,4,6,8-10H3. The lowest BCUT2D eigenvalue weighted by Gasteiger charge is -2.41. The van der Waals surface area contributed by atoms with Crippen LogP contribution in [-0.2, 0) is 28.8 Å². The first-order chi connectivity index (χ1) is 29.7. The van der Waals surface area contributed by atoms with Gasteiger partial charge in [0.1, 0.15) is 34.9 Å². The van der Waals surface area contributed by atoms with Crippen molar-refractivity contribution in [2.75, 3.05) is 14.2 Å². The second-order valence-corrected chi connectivity index (χ2v) is 17.2. The molecule has 10 nitrogen and oxygen atoms in total. The van der Waals surface area contributed by atoms with Crippen molar-refractivity contribution in [1.82, 2.24) is 0 Å². The Morgan fingerprint density at radius 2 is 0.841 bits per heavy atom. The summed E-state index contributed by atoms with van der Waals surface area (Å²) in [6, 6.07) is 13.5. The van der Waals surface area contributed by atoms with Crippen LogP contribution < -0.4 is 9.47 Å². The molecule has 4 rings (SSSR count). The van der Waals surface area contributed by atoms with Crippen molar-refractivity contribution in [3.63, 3.8) is 0 Å². The molecule has 0 radical (unpaired) electrons. The average molecular weight is 857 g/mol. The summed E-state index contributed by atoms with van der Waals surface area (Å²) in [5.74, 6) is -9.37. The molecule has 0 aromatic heterocycles. The van der Waals surface area contributed by atoms with Crippen LogP contribution in [0.15, 0.2) is 132 Å². The van der Waals surface area contributed by atoms with Crippen LogP contribution in [0.1, 0.15) is 96.6 Å². The van der Waals surface area contributed by atoms with Gasteiger partial charge in [0.05, 0.1) is 25.0 Å². The molecule has 0 fully saturated rings. The summed E-state index contributed by atoms with van der Waals surface area (Å²) in [6.45, 7) is 23.0. The van der Waals surface area contributed by atoms with Gasteiger partial charge < -0.3 is 19.7 Å². The topological polar surface area (TPSA) is 161 Å². The van der Waals surface area contributed by atoms with E-state index in [0.717, 1.165) is 12.2 Å². The van der Waals surface area contributed by atoms with Crippen molar-refractivity contribution in [2.45, 2.75) is 85.5 Å². The number of carbonyl (C=O) groups excluding carboxylic acids is 6. The molecule has 0 heterocycles. The molecule has 0 spiro atoms. The van der Waals surface area contributed by atoms with Crippen LogP contribution in [0, 0.1) is 22.7 Å². The summed E-state index contributed by atoms with van der Waals surface area (Å²) >= 11 is 0. The lowest BCUT2D eigenvalue weighted by molar-refractivity contribution is -0.146. The first-order valence-electron chi connectivity index (χ1n) is 21.0. The van der Waals surface area contributed by atoms with Crippen LogP contribution in [0.3, 0.4) is 0 Å². The van der Waals surface area contributed by atoms with Crippen LogP contribution in [0.25, 0.3) is 12.2 Å². The normalized spacial score (nSPS) is 18.6. The third kappa shape index (κ3) is 11.2. The Balaban J connectivity index is 1.98. The maximum atomic E-state index is 14.8. The number of rotatable bonds is 22. The Kier molecular flexibility index (Phi) is 16.5. The van der Waals surface area contributed by atoms with E-state index in [1.54, 1.807) is 76.2 Å². The molecule has 2 aliphatic carbocycles. The number of carbonyl (C=O) groups is 6. The number of aliphatic hydroxyl groups excluding tert-OH is 2. The second-order valence-electron chi connectivity index (χ2n) is 17.2. The highest BCUT2D eigenvalue weighted by Crippen LogP contribution is 2.51. The number of hydrogen-bond donors (Lipinski definition) is 2. The third-order valence-corrected chi connectivity index (χ3v) is 12.0. The molecule has 332 valence electrons. The quantitative estimate of drug-likeness (QED) is 0.0662. The van der Waals surface area contributed by atoms with Crippen molar-refractivity contribution >= 4 is 46.9 Å². The molecule has 10 heteroatoms. The van der Waals surface area contributed by atoms with Gasteiger partial charge >= 0.3 is 0 Å². The summed E-state index contributed by atoms with van der Waals surface area (Å²) in [5.41, 5.74) is -0.600. The number of hydrogen-bond acceptors (Lipinski definition) is 10. The van der Waals surface area contributed by atoms with Gasteiger partial charge in [-0.25, -0.2) is 0 Å². The summed E-state index contributed by atoms with van der Waals surface area (Å²) in [4.78, 5) is 87.6. The van der Waals surface area contributed by atoms with E-state index in [-0.39, 0.29) is 51.4 Å². The number of methoxy groups -OCH3 is 2. The van der Waals surface area contributed by atoms with Crippen molar-refractivity contribution in [3.8, 4) is 11.5 Å². The van der Waals surface area contributed by atoms with Crippen LogP contribution in [0.5, 0.6) is 11.5 Å². The Labute approximate surface area is 371 Å². The zero-order valence-corrected chi connectivity index (χ0v) is 37.4. The number of allylic oxidation sites excluding steroid dienone is 10. The van der Waals surface area contributed by atoms with Gasteiger partial charge in [0.15, 0.2) is 34.7 Å². The molecule has 63 heavy (non-hydrogen) atoms. The Hall–Kier alpha value is -6.42. The SMILES string of the molecule is C=C(C)CCC1(CCC(=C)C)C(=O)C(C(=O)C=Cc2ccc(OC)cc2)C(=O)C(CC2=C(O)C(CCC(=C)C)(CCC(=C)C)C(=O)C(C(=O)C=Cc3ccc(OC)cc3)C2=O)=C1O. The Bertz CT molecular complexity index is 2130. The van der Waals surface area contributed by atoms with Gasteiger partial charge in [-0.05, 0) is 127 Å². The molecule has 0 bridgehead atoms. The Morgan fingerprint density at radius 3 is 1.10 bits per heavy atom. The second kappa shape index (κ2) is 21.1. The van der Waals surface area contributed by atoms with Gasteiger partial charge in [-0.3, -0.25) is 28.8 Å². The number of Topliss-reactive ketones (excluding diaryl/α,β-unsaturated/α-hetero) is 4. The lowest BCUT2D eigenvalue weighted by atomic mass is 9.59. The first-order valence-corrected chi connectivity index (χ1v) is 21.0. The molecule has 0 saturated heterocycles. The van der Waals surface area contributed by atoms with E-state index in [2.05, 4.69) is 26.3 Å². The summed E-state index contributed by atoms with van der Waals surface area (Å²) < 4.78 is 10.4. The van der Waals surface area contributed by atoms with Crippen molar-refractivity contribution in [2.24, 2.45) is 22.7 Å². The molecule has 0 aliphatic heterocycles. The molecule has 2 atom stereocenters. The van der Waals surface area contributed by atoms with E-state index in [4.69, 9.17) is 9.47 Å². The van der Waals surface area contributed by atoms with E-state index >= 15 is 0 Å². The van der Waals surface area contributed by atoms with Crippen LogP contribution in [0.4, 0.5) is 0 Å². The van der Waals surface area contributed by atoms with Gasteiger partial charge in [0.25, 0.3) is 0 Å². The summed E-state index contributed by atoms with van der Waals surface area (Å²) in [5, 5.41) is 24.8. The molecule has 2 aromatic carbocycles. The molecule has 2 unspecified atom stereocenters. The molecule has 0 saturated carbocycles. The fourth-order valence-electron chi connectivity index (χ4n) is 8.12.